The van der Waals surface area contributed by atoms with Gasteiger partial charge in [0.1, 0.15) is 12.1 Å². The van der Waals surface area contributed by atoms with Gasteiger partial charge in [0.25, 0.3) is 5.91 Å². The van der Waals surface area contributed by atoms with E-state index in [1.54, 1.807) is 24.3 Å². The number of thioether (sulfide) groups is 1. The van der Waals surface area contributed by atoms with Crippen LogP contribution in [0.15, 0.2) is 24.3 Å². The van der Waals surface area contributed by atoms with Crippen molar-refractivity contribution in [3.05, 3.63) is 29.8 Å². The molecule has 2 N–H and O–H groups in total. The molecule has 30 heavy (non-hydrogen) atoms. The van der Waals surface area contributed by atoms with Gasteiger partial charge in [0.05, 0.1) is 6.42 Å². The maximum atomic E-state index is 12.6. The average molecular weight is 433 g/mol. The molecule has 0 saturated carbocycles. The third-order valence-electron chi connectivity index (χ3n) is 5.71. The van der Waals surface area contributed by atoms with Crippen molar-refractivity contribution in [1.82, 2.24) is 15.1 Å². The number of nitrogens with one attached hydrogen (secondary N) is 2. The Morgan fingerprint density at radius 1 is 1.10 bits per heavy atom. The van der Waals surface area contributed by atoms with E-state index < -0.39 is 17.5 Å². The van der Waals surface area contributed by atoms with Gasteiger partial charge >= 0.3 is 6.03 Å². The molecule has 1 aromatic carbocycles. The zero-order chi connectivity index (χ0) is 21.7. The lowest BCUT2D eigenvalue weighted by Gasteiger charge is -2.26. The Hall–Kier alpha value is -2.55. The second kappa shape index (κ2) is 9.51. The number of nitrogens with zero attached hydrogens (tertiary/aromatic N) is 2. The third kappa shape index (κ3) is 4.77. The van der Waals surface area contributed by atoms with Crippen LogP contribution in [-0.4, -0.2) is 70.2 Å². The zero-order valence-electron chi connectivity index (χ0n) is 17.4. The SMILES string of the molecule is CCC1(CC)NC(=O)N(CC(=O)Nc2ccc(CC(=O)N3CCSCC3)cc2)C1=O. The van der Waals surface area contributed by atoms with Crippen molar-refractivity contribution >= 4 is 41.2 Å². The molecular weight excluding hydrogens is 404 g/mol. The number of hydrogen-bond acceptors (Lipinski definition) is 5. The summed E-state index contributed by atoms with van der Waals surface area (Å²) in [5.41, 5.74) is 0.509. The predicted octanol–water partition coefficient (Wildman–Crippen LogP) is 1.85. The number of benzene rings is 1. The van der Waals surface area contributed by atoms with Crippen LogP contribution in [-0.2, 0) is 20.8 Å². The highest BCUT2D eigenvalue weighted by Gasteiger charge is 2.49. The highest BCUT2D eigenvalue weighted by Crippen LogP contribution is 2.24. The van der Waals surface area contributed by atoms with Crippen molar-refractivity contribution in [3.63, 3.8) is 0 Å². The number of carbonyl (C=O) groups is 4. The summed E-state index contributed by atoms with van der Waals surface area (Å²) in [4.78, 5) is 52.3. The van der Waals surface area contributed by atoms with Crippen molar-refractivity contribution in [2.24, 2.45) is 0 Å². The lowest BCUT2D eigenvalue weighted by atomic mass is 9.93. The smallest absolute Gasteiger partial charge is 0.325 e. The fourth-order valence-electron chi connectivity index (χ4n) is 3.70. The van der Waals surface area contributed by atoms with E-state index in [9.17, 15) is 19.2 Å². The zero-order valence-corrected chi connectivity index (χ0v) is 18.2. The molecule has 2 aliphatic heterocycles. The highest BCUT2D eigenvalue weighted by atomic mass is 32.2. The van der Waals surface area contributed by atoms with Gasteiger partial charge in [-0.1, -0.05) is 26.0 Å². The second-order valence-corrected chi connectivity index (χ2v) is 8.75. The Kier molecular flexibility index (Phi) is 7.02. The lowest BCUT2D eigenvalue weighted by Crippen LogP contribution is -2.46. The number of imide groups is 1. The molecule has 0 radical (unpaired) electrons. The number of rotatable bonds is 7. The Labute approximate surface area is 180 Å². The third-order valence-corrected chi connectivity index (χ3v) is 6.65. The molecule has 8 nitrogen and oxygen atoms in total. The molecule has 0 unspecified atom stereocenters. The van der Waals surface area contributed by atoms with Crippen LogP contribution in [0.25, 0.3) is 0 Å². The first-order chi connectivity index (χ1) is 14.4. The molecule has 1 aromatic rings. The minimum absolute atomic E-state index is 0.112. The van der Waals surface area contributed by atoms with E-state index in [-0.39, 0.29) is 18.4 Å². The Morgan fingerprint density at radius 3 is 2.30 bits per heavy atom. The Morgan fingerprint density at radius 2 is 1.73 bits per heavy atom. The predicted molar refractivity (Wildman–Crippen MR) is 116 cm³/mol. The molecule has 162 valence electrons. The van der Waals surface area contributed by atoms with Crippen LogP contribution in [0.2, 0.25) is 0 Å². The summed E-state index contributed by atoms with van der Waals surface area (Å²) in [6, 6.07) is 6.52. The summed E-state index contributed by atoms with van der Waals surface area (Å²) in [6.07, 6.45) is 1.28. The number of carbonyl (C=O) groups excluding carboxylic acids is 4. The Bertz CT molecular complexity index is 817. The van der Waals surface area contributed by atoms with Gasteiger partial charge in [0.2, 0.25) is 11.8 Å². The van der Waals surface area contributed by atoms with Gasteiger partial charge in [0.15, 0.2) is 0 Å². The molecule has 0 aromatic heterocycles. The van der Waals surface area contributed by atoms with Crippen LogP contribution in [0.1, 0.15) is 32.3 Å². The van der Waals surface area contributed by atoms with Gasteiger partial charge in [-0.2, -0.15) is 11.8 Å². The monoisotopic (exact) mass is 432 g/mol. The van der Waals surface area contributed by atoms with Crippen LogP contribution >= 0.6 is 11.8 Å². The molecule has 5 amide bonds. The maximum Gasteiger partial charge on any atom is 0.325 e. The minimum atomic E-state index is -0.918. The average Bonchev–Trinajstić information content (AvgIpc) is 3.00. The molecule has 0 aliphatic carbocycles. The lowest BCUT2D eigenvalue weighted by molar-refractivity contribution is -0.134. The number of hydrogen-bond donors (Lipinski definition) is 2. The molecule has 0 bridgehead atoms. The van der Waals surface area contributed by atoms with E-state index in [2.05, 4.69) is 10.6 Å². The van der Waals surface area contributed by atoms with Crippen molar-refractivity contribution in [2.45, 2.75) is 38.6 Å². The molecule has 2 aliphatic rings. The number of anilines is 1. The normalized spacial score (nSPS) is 18.3. The fourth-order valence-corrected chi connectivity index (χ4v) is 4.60. The molecule has 2 saturated heterocycles. The summed E-state index contributed by atoms with van der Waals surface area (Å²) >= 11 is 1.86. The first-order valence-electron chi connectivity index (χ1n) is 10.3. The van der Waals surface area contributed by atoms with Gasteiger partial charge < -0.3 is 15.5 Å². The summed E-state index contributed by atoms with van der Waals surface area (Å²) < 4.78 is 0. The van der Waals surface area contributed by atoms with Gasteiger partial charge in [0, 0.05) is 30.3 Å². The van der Waals surface area contributed by atoms with Crippen LogP contribution in [0.5, 0.6) is 0 Å². The highest BCUT2D eigenvalue weighted by molar-refractivity contribution is 7.99. The van der Waals surface area contributed by atoms with E-state index >= 15 is 0 Å². The van der Waals surface area contributed by atoms with E-state index in [1.807, 2.05) is 30.5 Å². The van der Waals surface area contributed by atoms with Crippen LogP contribution < -0.4 is 10.6 Å². The molecule has 0 spiro atoms. The topological polar surface area (TPSA) is 98.8 Å². The molecule has 2 heterocycles. The fraction of sp³-hybridized carbons (Fsp3) is 0.524. The second-order valence-electron chi connectivity index (χ2n) is 7.53. The summed E-state index contributed by atoms with van der Waals surface area (Å²) in [6.45, 7) is 4.92. The van der Waals surface area contributed by atoms with Crippen LogP contribution in [0, 0.1) is 0 Å². The number of amides is 5. The summed E-state index contributed by atoms with van der Waals surface area (Å²) in [5, 5.41) is 5.41. The summed E-state index contributed by atoms with van der Waals surface area (Å²) in [5.74, 6) is 1.26. The van der Waals surface area contributed by atoms with Crippen molar-refractivity contribution < 1.29 is 19.2 Å². The molecule has 2 fully saturated rings. The maximum absolute atomic E-state index is 12.6. The summed E-state index contributed by atoms with van der Waals surface area (Å²) in [7, 11) is 0. The number of urea groups is 1. The largest absolute Gasteiger partial charge is 0.341 e. The molecule has 0 atom stereocenters. The van der Waals surface area contributed by atoms with Crippen molar-refractivity contribution in [2.75, 3.05) is 36.5 Å². The van der Waals surface area contributed by atoms with Gasteiger partial charge in [-0.05, 0) is 30.5 Å². The quantitative estimate of drug-likeness (QED) is 0.641. The van der Waals surface area contributed by atoms with E-state index in [0.29, 0.717) is 24.9 Å². The minimum Gasteiger partial charge on any atom is -0.341 e. The standard InChI is InChI=1S/C21H28N4O4S/c1-3-21(4-2)19(28)25(20(29)23-21)14-17(26)22-16-7-5-15(6-8-16)13-18(27)24-9-11-30-12-10-24/h5-8H,3-4,9-14H2,1-2H3,(H,22,26)(H,23,29). The van der Waals surface area contributed by atoms with E-state index in [0.717, 1.165) is 35.1 Å². The van der Waals surface area contributed by atoms with Gasteiger partial charge in [-0.3, -0.25) is 19.3 Å². The van der Waals surface area contributed by atoms with Crippen molar-refractivity contribution in [1.29, 1.82) is 0 Å². The van der Waals surface area contributed by atoms with Gasteiger partial charge in [-0.15, -0.1) is 0 Å². The first-order valence-corrected chi connectivity index (χ1v) is 11.4. The van der Waals surface area contributed by atoms with Crippen LogP contribution in [0.3, 0.4) is 0 Å². The van der Waals surface area contributed by atoms with Crippen molar-refractivity contribution in [3.8, 4) is 0 Å². The van der Waals surface area contributed by atoms with E-state index in [4.69, 9.17) is 0 Å². The molecular formula is C21H28N4O4S. The van der Waals surface area contributed by atoms with Gasteiger partial charge in [-0.25, -0.2) is 4.79 Å². The first kappa shape index (κ1) is 22.1. The van der Waals surface area contributed by atoms with E-state index in [1.165, 1.54) is 0 Å². The Balaban J connectivity index is 1.54. The molecule has 9 heteroatoms. The van der Waals surface area contributed by atoms with Crippen LogP contribution in [0.4, 0.5) is 10.5 Å². The molecule has 3 rings (SSSR count).